The van der Waals surface area contributed by atoms with Gasteiger partial charge in [-0.15, -0.1) is 0 Å². The highest BCUT2D eigenvalue weighted by Gasteiger charge is 2.18. The summed E-state index contributed by atoms with van der Waals surface area (Å²) in [5.74, 6) is -0.0377. The maximum Gasteiger partial charge on any atom is 0.331 e. The van der Waals surface area contributed by atoms with Gasteiger partial charge in [-0.3, -0.25) is 4.79 Å². The number of hydrogen-bond acceptors (Lipinski definition) is 7. The number of esters is 1. The molecular weight excluding hydrogens is 484 g/mol. The van der Waals surface area contributed by atoms with Crippen LogP contribution in [0.3, 0.4) is 0 Å². The number of para-hydroxylation sites is 1. The number of benzene rings is 3. The van der Waals surface area contributed by atoms with Crippen LogP contribution in [0.2, 0.25) is 0 Å². The van der Waals surface area contributed by atoms with Crippen LogP contribution in [0.25, 0.3) is 23.0 Å². The number of hydrogen-bond donors (Lipinski definition) is 0. The predicted molar refractivity (Wildman–Crippen MR) is 144 cm³/mol. The van der Waals surface area contributed by atoms with Crippen LogP contribution in [0.5, 0.6) is 17.2 Å². The number of nitrogens with zero attached hydrogens (tertiary/aromatic N) is 2. The summed E-state index contributed by atoms with van der Waals surface area (Å²) in [6.45, 7) is 1.57. The molecule has 0 N–H and O–H groups in total. The standard InChI is InChI=1S/C30H28N2O6/c1-20-10-12-21(13-11-20)29-22(18-32(31-29)24-8-6-5-7-9-24)14-15-28(34)38-19-25(33)23-16-26(35-2)30(37-4)27(17-23)36-3/h5-18H,19H2,1-4H3/b15-14+. The van der Waals surface area contributed by atoms with E-state index in [1.165, 1.54) is 39.5 Å². The number of ketones is 1. The minimum absolute atomic E-state index is 0.266. The van der Waals surface area contributed by atoms with E-state index in [-0.39, 0.29) is 5.56 Å². The first-order valence-electron chi connectivity index (χ1n) is 11.8. The normalized spacial score (nSPS) is 10.8. The van der Waals surface area contributed by atoms with Crippen LogP contribution in [0.4, 0.5) is 0 Å². The summed E-state index contributed by atoms with van der Waals surface area (Å²) in [7, 11) is 4.39. The number of carbonyl (C=O) groups excluding carboxylic acids is 2. The Morgan fingerprint density at radius 2 is 1.55 bits per heavy atom. The molecule has 0 saturated carbocycles. The van der Waals surface area contributed by atoms with Gasteiger partial charge in [0.15, 0.2) is 18.1 Å². The van der Waals surface area contributed by atoms with Gasteiger partial charge in [0.25, 0.3) is 0 Å². The van der Waals surface area contributed by atoms with Crippen LogP contribution in [-0.4, -0.2) is 49.5 Å². The first-order chi connectivity index (χ1) is 18.4. The van der Waals surface area contributed by atoms with Gasteiger partial charge >= 0.3 is 5.97 Å². The van der Waals surface area contributed by atoms with Gasteiger partial charge in [-0.05, 0) is 37.3 Å². The summed E-state index contributed by atoms with van der Waals surface area (Å²) in [4.78, 5) is 25.2. The first-order valence-corrected chi connectivity index (χ1v) is 11.8. The van der Waals surface area contributed by atoms with E-state index in [1.807, 2.05) is 67.7 Å². The Morgan fingerprint density at radius 1 is 0.895 bits per heavy atom. The fraction of sp³-hybridized carbons (Fsp3) is 0.167. The average molecular weight is 513 g/mol. The Balaban J connectivity index is 1.52. The molecule has 8 nitrogen and oxygen atoms in total. The molecule has 8 heteroatoms. The zero-order valence-corrected chi connectivity index (χ0v) is 21.6. The fourth-order valence-electron chi connectivity index (χ4n) is 3.83. The third-order valence-corrected chi connectivity index (χ3v) is 5.82. The Kier molecular flexibility index (Phi) is 8.23. The minimum Gasteiger partial charge on any atom is -0.493 e. The third kappa shape index (κ3) is 5.92. The lowest BCUT2D eigenvalue weighted by atomic mass is 10.1. The molecule has 0 unspecified atom stereocenters. The zero-order chi connectivity index (χ0) is 27.1. The van der Waals surface area contributed by atoms with Crippen molar-refractivity contribution in [3.05, 3.63) is 95.7 Å². The number of aryl methyl sites for hydroxylation is 1. The summed E-state index contributed by atoms with van der Waals surface area (Å²) in [5, 5.41) is 4.74. The van der Waals surface area contributed by atoms with Crippen molar-refractivity contribution in [2.24, 2.45) is 0 Å². The smallest absolute Gasteiger partial charge is 0.331 e. The highest BCUT2D eigenvalue weighted by molar-refractivity contribution is 6.00. The second kappa shape index (κ2) is 11.9. The van der Waals surface area contributed by atoms with E-state index in [2.05, 4.69) is 0 Å². The lowest BCUT2D eigenvalue weighted by Gasteiger charge is -2.13. The topological polar surface area (TPSA) is 88.9 Å². The van der Waals surface area contributed by atoms with Crippen molar-refractivity contribution in [1.82, 2.24) is 9.78 Å². The van der Waals surface area contributed by atoms with Crippen LogP contribution in [0.15, 0.2) is 79.0 Å². The molecule has 0 spiro atoms. The Bertz CT molecular complexity index is 1430. The van der Waals surface area contributed by atoms with Crippen molar-refractivity contribution in [1.29, 1.82) is 0 Å². The molecule has 0 amide bonds. The van der Waals surface area contributed by atoms with Gasteiger partial charge in [0.2, 0.25) is 11.5 Å². The lowest BCUT2D eigenvalue weighted by Crippen LogP contribution is -2.13. The Morgan fingerprint density at radius 3 is 2.16 bits per heavy atom. The number of ether oxygens (including phenoxy) is 4. The van der Waals surface area contributed by atoms with Gasteiger partial charge < -0.3 is 18.9 Å². The molecule has 0 aliphatic carbocycles. The summed E-state index contributed by atoms with van der Waals surface area (Å²) >= 11 is 0. The molecule has 0 fully saturated rings. The average Bonchev–Trinajstić information content (AvgIpc) is 3.39. The van der Waals surface area contributed by atoms with Crippen LogP contribution in [0.1, 0.15) is 21.5 Å². The summed E-state index contributed by atoms with van der Waals surface area (Å²) in [6, 6.07) is 20.7. The number of aromatic nitrogens is 2. The van der Waals surface area contributed by atoms with Crippen LogP contribution >= 0.6 is 0 Å². The molecule has 0 radical (unpaired) electrons. The quantitative estimate of drug-likeness (QED) is 0.162. The second-order valence-corrected chi connectivity index (χ2v) is 8.36. The summed E-state index contributed by atoms with van der Waals surface area (Å²) in [6.07, 6.45) is 4.76. The number of Topliss-reactive ketones (excluding diaryl/α,β-unsaturated/α-hetero) is 1. The van der Waals surface area contributed by atoms with Gasteiger partial charge in [0, 0.05) is 29.0 Å². The SMILES string of the molecule is COc1cc(C(=O)COC(=O)/C=C/c2cn(-c3ccccc3)nc2-c2ccc(C)cc2)cc(OC)c1OC. The van der Waals surface area contributed by atoms with E-state index in [4.69, 9.17) is 24.0 Å². The van der Waals surface area contributed by atoms with Crippen molar-refractivity contribution in [3.63, 3.8) is 0 Å². The van der Waals surface area contributed by atoms with Crippen molar-refractivity contribution < 1.29 is 28.5 Å². The van der Waals surface area contributed by atoms with Crippen LogP contribution in [0, 0.1) is 6.92 Å². The van der Waals surface area contributed by atoms with Crippen molar-refractivity contribution in [2.45, 2.75) is 6.92 Å². The molecule has 1 aromatic heterocycles. The van der Waals surface area contributed by atoms with Crippen molar-refractivity contribution in [2.75, 3.05) is 27.9 Å². The monoisotopic (exact) mass is 512 g/mol. The van der Waals surface area contributed by atoms with E-state index in [9.17, 15) is 9.59 Å². The highest BCUT2D eigenvalue weighted by Crippen LogP contribution is 2.38. The van der Waals surface area contributed by atoms with Crippen LogP contribution in [-0.2, 0) is 9.53 Å². The molecule has 38 heavy (non-hydrogen) atoms. The van der Waals surface area contributed by atoms with Gasteiger partial charge in [-0.2, -0.15) is 5.10 Å². The summed E-state index contributed by atoms with van der Waals surface area (Å²) in [5.41, 5.74) is 4.64. The van der Waals surface area contributed by atoms with Crippen molar-refractivity contribution >= 4 is 17.8 Å². The van der Waals surface area contributed by atoms with Gasteiger partial charge in [0.1, 0.15) is 0 Å². The number of carbonyl (C=O) groups is 2. The van der Waals surface area contributed by atoms with Crippen LogP contribution < -0.4 is 14.2 Å². The van der Waals surface area contributed by atoms with E-state index < -0.39 is 18.4 Å². The molecule has 194 valence electrons. The van der Waals surface area contributed by atoms with E-state index in [1.54, 1.807) is 10.8 Å². The maximum atomic E-state index is 12.7. The predicted octanol–water partition coefficient (Wildman–Crippen LogP) is 5.31. The molecule has 4 rings (SSSR count). The molecule has 3 aromatic carbocycles. The molecule has 0 atom stereocenters. The maximum absolute atomic E-state index is 12.7. The van der Waals surface area contributed by atoms with E-state index in [0.29, 0.717) is 22.9 Å². The molecular formula is C30H28N2O6. The van der Waals surface area contributed by atoms with Gasteiger partial charge in [0.05, 0.1) is 32.7 Å². The molecule has 4 aromatic rings. The molecule has 1 heterocycles. The molecule has 0 aliphatic heterocycles. The minimum atomic E-state index is -0.659. The fourth-order valence-corrected chi connectivity index (χ4v) is 3.83. The largest absolute Gasteiger partial charge is 0.493 e. The van der Waals surface area contributed by atoms with Gasteiger partial charge in [-0.25, -0.2) is 9.48 Å². The highest BCUT2D eigenvalue weighted by atomic mass is 16.5. The third-order valence-electron chi connectivity index (χ3n) is 5.82. The van der Waals surface area contributed by atoms with E-state index in [0.717, 1.165) is 22.4 Å². The number of rotatable bonds is 10. The Hall–Kier alpha value is -4.85. The molecule has 0 aliphatic rings. The van der Waals surface area contributed by atoms with Crippen molar-refractivity contribution in [3.8, 4) is 34.2 Å². The molecule has 0 bridgehead atoms. The van der Waals surface area contributed by atoms with Gasteiger partial charge in [-0.1, -0.05) is 48.0 Å². The number of methoxy groups -OCH3 is 3. The molecule has 0 saturated heterocycles. The summed E-state index contributed by atoms with van der Waals surface area (Å²) < 4.78 is 22.8. The van der Waals surface area contributed by atoms with E-state index >= 15 is 0 Å². The zero-order valence-electron chi connectivity index (χ0n) is 21.6. The Labute approximate surface area is 221 Å². The lowest BCUT2D eigenvalue weighted by molar-refractivity contribution is -0.136. The second-order valence-electron chi connectivity index (χ2n) is 8.36. The first kappa shape index (κ1) is 26.2.